The predicted octanol–water partition coefficient (Wildman–Crippen LogP) is 5.63. The highest BCUT2D eigenvalue weighted by atomic mass is 32.2. The van der Waals surface area contributed by atoms with E-state index < -0.39 is 0 Å². The minimum atomic E-state index is -0.139. The van der Waals surface area contributed by atoms with Gasteiger partial charge in [-0.1, -0.05) is 30.0 Å². The standard InChI is InChI=1S/C25H24N4O3S2/c1-15-9-11-21(32-4)19(13-15)27-22(30)14-33-23-12-10-18(28-29-23)24-16(2)26-25(34-24)17-7-5-6-8-20(17)31-3/h5-13H,14H2,1-4H3,(H,27,30). The first kappa shape index (κ1) is 23.7. The van der Waals surface area contributed by atoms with Crippen LogP contribution in [0.3, 0.4) is 0 Å². The second-order valence-electron chi connectivity index (χ2n) is 7.43. The van der Waals surface area contributed by atoms with Crippen LogP contribution in [-0.2, 0) is 4.79 Å². The van der Waals surface area contributed by atoms with Crippen LogP contribution in [0.5, 0.6) is 11.5 Å². The van der Waals surface area contributed by atoms with Gasteiger partial charge in [-0.05, 0) is 55.8 Å². The van der Waals surface area contributed by atoms with Gasteiger partial charge in [-0.15, -0.1) is 21.5 Å². The van der Waals surface area contributed by atoms with Gasteiger partial charge in [0.25, 0.3) is 0 Å². The lowest BCUT2D eigenvalue weighted by Gasteiger charge is -2.10. The molecule has 9 heteroatoms. The monoisotopic (exact) mass is 492 g/mol. The Morgan fingerprint density at radius 2 is 1.79 bits per heavy atom. The van der Waals surface area contributed by atoms with Gasteiger partial charge in [0.05, 0.1) is 41.8 Å². The summed E-state index contributed by atoms with van der Waals surface area (Å²) in [5, 5.41) is 13.1. The minimum absolute atomic E-state index is 0.139. The number of nitrogens with zero attached hydrogens (tertiary/aromatic N) is 3. The van der Waals surface area contributed by atoms with Crippen molar-refractivity contribution in [3.8, 4) is 32.6 Å². The molecule has 0 atom stereocenters. The smallest absolute Gasteiger partial charge is 0.234 e. The Morgan fingerprint density at radius 3 is 2.53 bits per heavy atom. The summed E-state index contributed by atoms with van der Waals surface area (Å²) < 4.78 is 10.8. The van der Waals surface area contributed by atoms with Gasteiger partial charge in [0, 0.05) is 0 Å². The summed E-state index contributed by atoms with van der Waals surface area (Å²) in [5.74, 6) is 1.48. The lowest BCUT2D eigenvalue weighted by molar-refractivity contribution is -0.113. The Bertz CT molecular complexity index is 1310. The Kier molecular flexibility index (Phi) is 7.44. The third-order valence-corrected chi connectivity index (χ3v) is 7.12. The molecular formula is C25H24N4O3S2. The van der Waals surface area contributed by atoms with Crippen LogP contribution >= 0.6 is 23.1 Å². The number of anilines is 1. The lowest BCUT2D eigenvalue weighted by Crippen LogP contribution is -2.15. The third kappa shape index (κ3) is 5.37. The summed E-state index contributed by atoms with van der Waals surface area (Å²) in [6.07, 6.45) is 0. The number of ether oxygens (including phenoxy) is 2. The molecule has 0 saturated heterocycles. The second kappa shape index (κ2) is 10.7. The molecule has 1 N–H and O–H groups in total. The highest BCUT2D eigenvalue weighted by Gasteiger charge is 2.16. The maximum absolute atomic E-state index is 12.4. The number of aryl methyl sites for hydroxylation is 2. The van der Waals surface area contributed by atoms with Crippen molar-refractivity contribution < 1.29 is 14.3 Å². The fourth-order valence-electron chi connectivity index (χ4n) is 3.33. The fourth-order valence-corrected chi connectivity index (χ4v) is 5.01. The third-order valence-electron chi connectivity index (χ3n) is 4.99. The first-order valence-electron chi connectivity index (χ1n) is 10.5. The number of methoxy groups -OCH3 is 2. The molecule has 0 fully saturated rings. The molecule has 4 rings (SSSR count). The number of amides is 1. The average Bonchev–Trinajstić information content (AvgIpc) is 3.24. The van der Waals surface area contributed by atoms with Gasteiger partial charge in [-0.2, -0.15) is 0 Å². The van der Waals surface area contributed by atoms with Crippen molar-refractivity contribution in [1.29, 1.82) is 0 Å². The van der Waals surface area contributed by atoms with E-state index in [2.05, 4.69) is 15.5 Å². The number of hydrogen-bond acceptors (Lipinski definition) is 8. The molecule has 4 aromatic rings. The summed E-state index contributed by atoms with van der Waals surface area (Å²) in [6, 6.07) is 17.2. The Hall–Kier alpha value is -3.43. The Morgan fingerprint density at radius 1 is 1.00 bits per heavy atom. The fraction of sp³-hybridized carbons (Fsp3) is 0.200. The number of para-hydroxylation sites is 1. The molecule has 0 bridgehead atoms. The van der Waals surface area contributed by atoms with Crippen molar-refractivity contribution in [2.75, 3.05) is 25.3 Å². The van der Waals surface area contributed by atoms with Crippen molar-refractivity contribution in [1.82, 2.24) is 15.2 Å². The molecule has 174 valence electrons. The Balaban J connectivity index is 1.43. The van der Waals surface area contributed by atoms with E-state index in [1.54, 1.807) is 25.6 Å². The second-order valence-corrected chi connectivity index (χ2v) is 9.43. The van der Waals surface area contributed by atoms with Crippen LogP contribution < -0.4 is 14.8 Å². The van der Waals surface area contributed by atoms with Crippen molar-refractivity contribution in [2.45, 2.75) is 18.9 Å². The van der Waals surface area contributed by atoms with E-state index in [0.29, 0.717) is 16.5 Å². The van der Waals surface area contributed by atoms with Crippen molar-refractivity contribution in [2.24, 2.45) is 0 Å². The molecule has 0 aliphatic rings. The number of carbonyl (C=O) groups is 1. The number of benzene rings is 2. The zero-order valence-electron chi connectivity index (χ0n) is 19.3. The van der Waals surface area contributed by atoms with Gasteiger partial charge < -0.3 is 14.8 Å². The van der Waals surface area contributed by atoms with Crippen molar-refractivity contribution >= 4 is 34.7 Å². The number of thiazole rings is 1. The van der Waals surface area contributed by atoms with E-state index in [0.717, 1.165) is 38.1 Å². The molecule has 1 amide bonds. The number of thioether (sulfide) groups is 1. The molecule has 0 aliphatic carbocycles. The largest absolute Gasteiger partial charge is 0.496 e. The molecule has 0 unspecified atom stereocenters. The minimum Gasteiger partial charge on any atom is -0.496 e. The quantitative estimate of drug-likeness (QED) is 0.319. The van der Waals surface area contributed by atoms with Gasteiger partial charge in [0.1, 0.15) is 27.2 Å². The molecule has 7 nitrogen and oxygen atoms in total. The van der Waals surface area contributed by atoms with Crippen LogP contribution in [0, 0.1) is 13.8 Å². The SMILES string of the molecule is COc1ccc(C)cc1NC(=O)CSc1ccc(-c2sc(-c3ccccc3OC)nc2C)nn1. The van der Waals surface area contributed by atoms with E-state index in [-0.39, 0.29) is 11.7 Å². The van der Waals surface area contributed by atoms with Crippen molar-refractivity contribution in [3.05, 3.63) is 65.9 Å². The number of nitrogens with one attached hydrogen (secondary N) is 1. The molecule has 0 radical (unpaired) electrons. The number of aromatic nitrogens is 3. The zero-order chi connectivity index (χ0) is 24.1. The molecule has 2 heterocycles. The maximum atomic E-state index is 12.4. The average molecular weight is 493 g/mol. The van der Waals surface area contributed by atoms with Crippen LogP contribution in [0.1, 0.15) is 11.3 Å². The normalized spacial score (nSPS) is 10.7. The van der Waals surface area contributed by atoms with Gasteiger partial charge in [-0.25, -0.2) is 4.98 Å². The summed E-state index contributed by atoms with van der Waals surface area (Å²) in [4.78, 5) is 18.1. The maximum Gasteiger partial charge on any atom is 0.234 e. The first-order valence-corrected chi connectivity index (χ1v) is 12.3. The number of hydrogen-bond donors (Lipinski definition) is 1. The molecular weight excluding hydrogens is 468 g/mol. The molecule has 0 saturated carbocycles. The van der Waals surface area contributed by atoms with Crippen LogP contribution in [-0.4, -0.2) is 41.1 Å². The van der Waals surface area contributed by atoms with Crippen molar-refractivity contribution in [3.63, 3.8) is 0 Å². The van der Waals surface area contributed by atoms with Crippen LogP contribution in [0.2, 0.25) is 0 Å². The highest BCUT2D eigenvalue weighted by Crippen LogP contribution is 2.38. The summed E-state index contributed by atoms with van der Waals surface area (Å²) in [7, 11) is 3.23. The number of carbonyl (C=O) groups excluding carboxylic acids is 1. The van der Waals surface area contributed by atoms with E-state index >= 15 is 0 Å². The molecule has 0 aliphatic heterocycles. The van der Waals surface area contributed by atoms with Crippen LogP contribution in [0.25, 0.3) is 21.1 Å². The highest BCUT2D eigenvalue weighted by molar-refractivity contribution is 7.99. The number of rotatable bonds is 8. The molecule has 0 spiro atoms. The molecule has 2 aromatic carbocycles. The van der Waals surface area contributed by atoms with E-state index in [4.69, 9.17) is 14.5 Å². The summed E-state index contributed by atoms with van der Waals surface area (Å²) in [6.45, 7) is 3.92. The predicted molar refractivity (Wildman–Crippen MR) is 137 cm³/mol. The lowest BCUT2D eigenvalue weighted by atomic mass is 10.2. The Labute approximate surface area is 206 Å². The first-order chi connectivity index (χ1) is 16.5. The summed E-state index contributed by atoms with van der Waals surface area (Å²) >= 11 is 2.87. The zero-order valence-corrected chi connectivity index (χ0v) is 20.9. The van der Waals surface area contributed by atoms with E-state index in [1.807, 2.05) is 68.4 Å². The van der Waals surface area contributed by atoms with E-state index in [9.17, 15) is 4.79 Å². The van der Waals surface area contributed by atoms with Crippen LogP contribution in [0.15, 0.2) is 59.6 Å². The van der Waals surface area contributed by atoms with E-state index in [1.165, 1.54) is 11.8 Å². The topological polar surface area (TPSA) is 86.2 Å². The van der Waals surface area contributed by atoms with Gasteiger partial charge in [-0.3, -0.25) is 4.79 Å². The van der Waals surface area contributed by atoms with Gasteiger partial charge in [0.2, 0.25) is 5.91 Å². The van der Waals surface area contributed by atoms with Crippen LogP contribution in [0.4, 0.5) is 5.69 Å². The van der Waals surface area contributed by atoms with Gasteiger partial charge >= 0.3 is 0 Å². The summed E-state index contributed by atoms with van der Waals surface area (Å²) in [5.41, 5.74) is 4.26. The molecule has 2 aromatic heterocycles. The van der Waals surface area contributed by atoms with Gasteiger partial charge in [0.15, 0.2) is 0 Å². The molecule has 34 heavy (non-hydrogen) atoms.